The molecule has 2 saturated heterocycles. The molecule has 0 bridgehead atoms. The fraction of sp³-hybridized carbons (Fsp3) is 0.368. The minimum absolute atomic E-state index is 0.0441. The second-order valence-electron chi connectivity index (χ2n) is 6.73. The lowest BCUT2D eigenvalue weighted by Gasteiger charge is -2.26. The average molecular weight is 371 g/mol. The zero-order valence-corrected chi connectivity index (χ0v) is 15.6. The summed E-state index contributed by atoms with van der Waals surface area (Å²) in [5.41, 5.74) is -0.0667. The van der Waals surface area contributed by atoms with E-state index in [2.05, 4.69) is 10.2 Å². The van der Waals surface area contributed by atoms with Gasteiger partial charge in [0.05, 0.1) is 24.5 Å². The SMILES string of the molecule is CCOc1ccc(N2C(=O)[C@@]3(CN(C)C[C@H]3c3ccco3)NC2=S)cc1. The standard InChI is InChI=1S/C19H21N3O3S/c1-3-24-14-8-6-13(7-9-14)22-17(23)19(20-18(22)26)12-21(2)11-15(19)16-5-4-10-25-16/h4-10,15H,3,11-12H2,1-2H3,(H,20,26)/t15-,19-/m0/s1. The Bertz CT molecular complexity index is 821. The van der Waals surface area contributed by atoms with E-state index in [0.29, 0.717) is 18.3 Å². The maximum absolute atomic E-state index is 13.5. The molecule has 1 N–H and O–H groups in total. The molecule has 6 nitrogen and oxygen atoms in total. The number of ether oxygens (including phenoxy) is 1. The first-order chi connectivity index (χ1) is 12.5. The Morgan fingerprint density at radius 1 is 1.35 bits per heavy atom. The molecule has 26 heavy (non-hydrogen) atoms. The van der Waals surface area contributed by atoms with Gasteiger partial charge in [-0.2, -0.15) is 0 Å². The molecule has 1 spiro atoms. The molecule has 1 aromatic heterocycles. The predicted octanol–water partition coefficient (Wildman–Crippen LogP) is 2.37. The fourth-order valence-electron chi connectivity index (χ4n) is 3.92. The summed E-state index contributed by atoms with van der Waals surface area (Å²) in [7, 11) is 2.00. The summed E-state index contributed by atoms with van der Waals surface area (Å²) >= 11 is 5.53. The van der Waals surface area contributed by atoms with Crippen molar-refractivity contribution in [3.63, 3.8) is 0 Å². The molecule has 2 fully saturated rings. The number of amides is 1. The zero-order chi connectivity index (χ0) is 18.3. The summed E-state index contributed by atoms with van der Waals surface area (Å²) in [5.74, 6) is 1.43. The summed E-state index contributed by atoms with van der Waals surface area (Å²) in [6, 6.07) is 11.2. The van der Waals surface area contributed by atoms with Gasteiger partial charge in [-0.1, -0.05) is 0 Å². The van der Waals surface area contributed by atoms with E-state index in [4.69, 9.17) is 21.4 Å². The van der Waals surface area contributed by atoms with Gasteiger partial charge in [0.15, 0.2) is 5.11 Å². The molecule has 0 aliphatic carbocycles. The Hall–Kier alpha value is -2.38. The number of rotatable bonds is 4. The van der Waals surface area contributed by atoms with Crippen molar-refractivity contribution in [1.29, 1.82) is 0 Å². The maximum Gasteiger partial charge on any atom is 0.261 e. The number of anilines is 1. The summed E-state index contributed by atoms with van der Waals surface area (Å²) < 4.78 is 11.1. The van der Waals surface area contributed by atoms with Crippen molar-refractivity contribution in [2.45, 2.75) is 18.4 Å². The van der Waals surface area contributed by atoms with Gasteiger partial charge in [0, 0.05) is 13.1 Å². The van der Waals surface area contributed by atoms with Crippen LogP contribution in [-0.4, -0.2) is 48.2 Å². The molecular formula is C19H21N3O3S. The number of furan rings is 1. The number of likely N-dealkylation sites (N-methyl/N-ethyl adjacent to an activating group) is 1. The highest BCUT2D eigenvalue weighted by molar-refractivity contribution is 7.80. The van der Waals surface area contributed by atoms with Crippen LogP contribution in [0.2, 0.25) is 0 Å². The number of carbonyl (C=O) groups excluding carboxylic acids is 1. The van der Waals surface area contributed by atoms with Crippen LogP contribution in [0.3, 0.4) is 0 Å². The van der Waals surface area contributed by atoms with Crippen molar-refractivity contribution in [1.82, 2.24) is 10.2 Å². The molecule has 0 radical (unpaired) electrons. The minimum atomic E-state index is -0.803. The van der Waals surface area contributed by atoms with E-state index in [-0.39, 0.29) is 11.8 Å². The third-order valence-corrected chi connectivity index (χ3v) is 5.30. The predicted molar refractivity (Wildman–Crippen MR) is 103 cm³/mol. The van der Waals surface area contributed by atoms with E-state index in [1.165, 1.54) is 0 Å². The van der Waals surface area contributed by atoms with Gasteiger partial charge < -0.3 is 19.4 Å². The van der Waals surface area contributed by atoms with Crippen LogP contribution in [0.5, 0.6) is 5.75 Å². The number of carbonyl (C=O) groups is 1. The monoisotopic (exact) mass is 371 g/mol. The van der Waals surface area contributed by atoms with Gasteiger partial charge in [0.25, 0.3) is 5.91 Å². The molecule has 2 atom stereocenters. The first-order valence-electron chi connectivity index (χ1n) is 8.66. The number of thiocarbonyl (C=S) groups is 1. The van der Waals surface area contributed by atoms with Crippen LogP contribution in [0.1, 0.15) is 18.6 Å². The molecule has 2 aromatic rings. The number of hydrogen-bond acceptors (Lipinski definition) is 5. The van der Waals surface area contributed by atoms with Gasteiger partial charge in [-0.25, -0.2) is 0 Å². The fourth-order valence-corrected chi connectivity index (χ4v) is 4.29. The van der Waals surface area contributed by atoms with Crippen molar-refractivity contribution < 1.29 is 13.9 Å². The topological polar surface area (TPSA) is 58.0 Å². The van der Waals surface area contributed by atoms with Crippen molar-refractivity contribution in [3.8, 4) is 5.75 Å². The smallest absolute Gasteiger partial charge is 0.261 e. The van der Waals surface area contributed by atoms with Crippen LogP contribution in [0, 0.1) is 0 Å². The van der Waals surface area contributed by atoms with Crippen LogP contribution in [0.15, 0.2) is 47.1 Å². The highest BCUT2D eigenvalue weighted by atomic mass is 32.1. The first-order valence-corrected chi connectivity index (χ1v) is 9.07. The van der Waals surface area contributed by atoms with Crippen molar-refractivity contribution in [3.05, 3.63) is 48.4 Å². The van der Waals surface area contributed by atoms with Crippen LogP contribution >= 0.6 is 12.2 Å². The molecule has 2 aliphatic heterocycles. The van der Waals surface area contributed by atoms with Gasteiger partial charge in [-0.3, -0.25) is 9.69 Å². The molecule has 2 aliphatic rings. The Labute approximate surface area is 157 Å². The Balaban J connectivity index is 1.68. The van der Waals surface area contributed by atoms with E-state index in [9.17, 15) is 4.79 Å². The number of nitrogens with one attached hydrogen (secondary N) is 1. The van der Waals surface area contributed by atoms with E-state index >= 15 is 0 Å². The highest BCUT2D eigenvalue weighted by Crippen LogP contribution is 2.41. The molecule has 3 heterocycles. The van der Waals surface area contributed by atoms with Crippen LogP contribution in [0.25, 0.3) is 0 Å². The summed E-state index contributed by atoms with van der Waals surface area (Å²) in [6.07, 6.45) is 1.64. The van der Waals surface area contributed by atoms with Gasteiger partial charge in [-0.15, -0.1) is 0 Å². The number of nitrogens with zero attached hydrogens (tertiary/aromatic N) is 2. The zero-order valence-electron chi connectivity index (χ0n) is 14.8. The Morgan fingerprint density at radius 3 is 2.77 bits per heavy atom. The van der Waals surface area contributed by atoms with Gasteiger partial charge >= 0.3 is 0 Å². The summed E-state index contributed by atoms with van der Waals surface area (Å²) in [5, 5.41) is 3.73. The van der Waals surface area contributed by atoms with Gasteiger partial charge in [0.2, 0.25) is 0 Å². The average Bonchev–Trinajstić information content (AvgIpc) is 3.30. The number of hydrogen-bond donors (Lipinski definition) is 1. The Kier molecular flexibility index (Phi) is 4.20. The molecule has 1 amide bonds. The van der Waals surface area contributed by atoms with Gasteiger partial charge in [-0.05, 0) is 62.6 Å². The molecule has 1 aromatic carbocycles. The summed E-state index contributed by atoms with van der Waals surface area (Å²) in [6.45, 7) is 3.84. The van der Waals surface area contributed by atoms with E-state index in [0.717, 1.165) is 23.7 Å². The molecule has 0 unspecified atom stereocenters. The van der Waals surface area contributed by atoms with Crippen molar-refractivity contribution in [2.75, 3.05) is 31.6 Å². The lowest BCUT2D eigenvalue weighted by molar-refractivity contribution is -0.122. The van der Waals surface area contributed by atoms with Crippen LogP contribution in [-0.2, 0) is 4.79 Å². The molecular weight excluding hydrogens is 350 g/mol. The number of likely N-dealkylation sites (tertiary alicyclic amines) is 1. The third kappa shape index (κ3) is 2.59. The van der Waals surface area contributed by atoms with E-state index < -0.39 is 5.54 Å². The van der Waals surface area contributed by atoms with Crippen molar-refractivity contribution >= 4 is 28.9 Å². The second-order valence-corrected chi connectivity index (χ2v) is 7.12. The lowest BCUT2D eigenvalue weighted by Crippen LogP contribution is -2.52. The largest absolute Gasteiger partial charge is 0.494 e. The second kappa shape index (κ2) is 6.41. The van der Waals surface area contributed by atoms with Crippen LogP contribution < -0.4 is 15.0 Å². The molecule has 0 saturated carbocycles. The quantitative estimate of drug-likeness (QED) is 0.833. The number of benzene rings is 1. The van der Waals surface area contributed by atoms with Crippen molar-refractivity contribution in [2.24, 2.45) is 0 Å². The van der Waals surface area contributed by atoms with E-state index in [1.807, 2.05) is 50.4 Å². The summed E-state index contributed by atoms with van der Waals surface area (Å²) in [4.78, 5) is 17.2. The van der Waals surface area contributed by atoms with Crippen LogP contribution in [0.4, 0.5) is 5.69 Å². The Morgan fingerprint density at radius 2 is 2.12 bits per heavy atom. The normalized spacial score (nSPS) is 25.9. The maximum atomic E-state index is 13.5. The van der Waals surface area contributed by atoms with E-state index in [1.54, 1.807) is 11.2 Å². The molecule has 7 heteroatoms. The molecule has 136 valence electrons. The first kappa shape index (κ1) is 17.1. The minimum Gasteiger partial charge on any atom is -0.494 e. The lowest BCUT2D eigenvalue weighted by atomic mass is 9.85. The molecule has 4 rings (SSSR count). The third-order valence-electron chi connectivity index (χ3n) is 5.02. The van der Waals surface area contributed by atoms with Gasteiger partial charge in [0.1, 0.15) is 17.0 Å². The highest BCUT2D eigenvalue weighted by Gasteiger charge is 2.59.